The summed E-state index contributed by atoms with van der Waals surface area (Å²) < 4.78 is 3.16. The Bertz CT molecular complexity index is 2340. The first-order valence-electron chi connectivity index (χ1n) is 17.9. The van der Waals surface area contributed by atoms with Gasteiger partial charge in [0.25, 0.3) is 23.6 Å². The van der Waals surface area contributed by atoms with Crippen LogP contribution in [0.5, 0.6) is 0 Å². The number of carbonyl (C=O) groups is 5. The molecule has 0 saturated heterocycles. The first-order chi connectivity index (χ1) is 26.8. The first kappa shape index (κ1) is 33.7. The standard InChI is InChI=1S/C41H33N9O5/c51-36-30-12-4-5-13-31(30)37(52)48(36)20-18-46-25-28(42-44-46)22-41(34-16-8-9-17-35(34)50(40(41)55)24-27-10-2-1-3-11-27)23-29-26-47(45-43-29)19-21-49-38(53)32-14-6-7-15-33(32)39(49)54/h1-17,25-26H,18-24H2. The fourth-order valence-corrected chi connectivity index (χ4v) is 7.89. The Hall–Kier alpha value is -7.09. The lowest BCUT2D eigenvalue weighted by atomic mass is 9.74. The molecule has 5 heterocycles. The van der Waals surface area contributed by atoms with Gasteiger partial charge in [-0.25, -0.2) is 0 Å². The van der Waals surface area contributed by atoms with Crippen molar-refractivity contribution in [1.29, 1.82) is 0 Å². The molecular weight excluding hydrogens is 699 g/mol. The van der Waals surface area contributed by atoms with Gasteiger partial charge < -0.3 is 4.90 Å². The van der Waals surface area contributed by atoms with Crippen molar-refractivity contribution in [3.8, 4) is 0 Å². The number of hydrogen-bond donors (Lipinski definition) is 0. The Morgan fingerprint density at radius 3 is 1.40 bits per heavy atom. The molecule has 14 nitrogen and oxygen atoms in total. The molecule has 9 rings (SSSR count). The van der Waals surface area contributed by atoms with E-state index in [1.165, 1.54) is 9.80 Å². The van der Waals surface area contributed by atoms with Crippen LogP contribution >= 0.6 is 0 Å². The molecular formula is C41H33N9O5. The molecule has 5 amide bonds. The van der Waals surface area contributed by atoms with E-state index in [9.17, 15) is 24.0 Å². The van der Waals surface area contributed by atoms with Crippen molar-refractivity contribution < 1.29 is 24.0 Å². The fraction of sp³-hybridized carbons (Fsp3) is 0.195. The summed E-state index contributed by atoms with van der Waals surface area (Å²) in [5.74, 6) is -1.50. The Balaban J connectivity index is 0.979. The third-order valence-corrected chi connectivity index (χ3v) is 10.5. The van der Waals surface area contributed by atoms with Crippen molar-refractivity contribution in [2.45, 2.75) is 37.9 Å². The van der Waals surface area contributed by atoms with Crippen LogP contribution in [0.25, 0.3) is 0 Å². The monoisotopic (exact) mass is 731 g/mol. The van der Waals surface area contributed by atoms with E-state index in [0.29, 0.717) is 40.2 Å². The second-order valence-corrected chi connectivity index (χ2v) is 13.9. The summed E-state index contributed by atoms with van der Waals surface area (Å²) in [6.45, 7) is 1.01. The minimum Gasteiger partial charge on any atom is -0.307 e. The molecule has 0 N–H and O–H groups in total. The predicted molar refractivity (Wildman–Crippen MR) is 197 cm³/mol. The van der Waals surface area contributed by atoms with Gasteiger partial charge in [-0.3, -0.25) is 43.1 Å². The smallest absolute Gasteiger partial charge is 0.261 e. The fourth-order valence-electron chi connectivity index (χ4n) is 7.89. The lowest BCUT2D eigenvalue weighted by molar-refractivity contribution is -0.123. The largest absolute Gasteiger partial charge is 0.307 e. The van der Waals surface area contributed by atoms with E-state index in [1.54, 1.807) is 75.2 Å². The van der Waals surface area contributed by atoms with Crippen molar-refractivity contribution in [3.05, 3.63) is 160 Å². The summed E-state index contributed by atoms with van der Waals surface area (Å²) in [6, 6.07) is 31.0. The Morgan fingerprint density at radius 1 is 0.473 bits per heavy atom. The molecule has 0 radical (unpaired) electrons. The highest BCUT2D eigenvalue weighted by Gasteiger charge is 2.51. The SMILES string of the molecule is O=C1c2ccccc2C(=O)N1CCn1cc(CC2(Cc3cn(CCN4C(=O)c5ccccc5C4=O)nn3)C(=O)N(Cc3ccccc3)c3ccccc32)nn1. The normalized spacial score (nSPS) is 15.6. The molecule has 55 heavy (non-hydrogen) atoms. The molecule has 0 unspecified atom stereocenters. The topological polar surface area (TPSA) is 156 Å². The van der Waals surface area contributed by atoms with Gasteiger partial charge in [-0.2, -0.15) is 0 Å². The van der Waals surface area contributed by atoms with E-state index < -0.39 is 5.41 Å². The van der Waals surface area contributed by atoms with Gasteiger partial charge in [0.1, 0.15) is 0 Å². The average Bonchev–Trinajstić information content (AvgIpc) is 4.01. The molecule has 0 atom stereocenters. The molecule has 272 valence electrons. The number of fused-ring (bicyclic) bond motifs is 3. The zero-order chi connectivity index (χ0) is 37.7. The maximum absolute atomic E-state index is 14.9. The molecule has 2 aromatic heterocycles. The van der Waals surface area contributed by atoms with Crippen molar-refractivity contribution in [2.75, 3.05) is 18.0 Å². The second-order valence-electron chi connectivity index (χ2n) is 13.9. The lowest BCUT2D eigenvalue weighted by Crippen LogP contribution is -2.43. The molecule has 3 aliphatic rings. The average molecular weight is 732 g/mol. The zero-order valence-electron chi connectivity index (χ0n) is 29.5. The quantitative estimate of drug-likeness (QED) is 0.171. The number of aromatic nitrogens is 6. The van der Waals surface area contributed by atoms with Gasteiger partial charge in [0.2, 0.25) is 5.91 Å². The number of benzene rings is 4. The van der Waals surface area contributed by atoms with Crippen LogP contribution in [0.4, 0.5) is 5.69 Å². The Morgan fingerprint density at radius 2 is 0.909 bits per heavy atom. The summed E-state index contributed by atoms with van der Waals surface area (Å²) in [4.78, 5) is 71.0. The van der Waals surface area contributed by atoms with Gasteiger partial charge >= 0.3 is 0 Å². The van der Waals surface area contributed by atoms with Crippen LogP contribution in [0.3, 0.4) is 0 Å². The van der Waals surface area contributed by atoms with Gasteiger partial charge in [-0.1, -0.05) is 83.2 Å². The van der Waals surface area contributed by atoms with Gasteiger partial charge in [0.15, 0.2) is 0 Å². The van der Waals surface area contributed by atoms with Gasteiger partial charge in [-0.05, 0) is 41.5 Å². The number of anilines is 1. The number of nitrogens with zero attached hydrogens (tertiary/aromatic N) is 9. The molecule has 0 fully saturated rings. The summed E-state index contributed by atoms with van der Waals surface area (Å²) in [7, 11) is 0. The number of imide groups is 2. The minimum absolute atomic E-state index is 0.108. The predicted octanol–water partition coefficient (Wildman–Crippen LogP) is 3.73. The van der Waals surface area contributed by atoms with Crippen LogP contribution in [-0.4, -0.2) is 82.4 Å². The third-order valence-electron chi connectivity index (χ3n) is 10.5. The molecule has 0 saturated carbocycles. The molecule has 0 spiro atoms. The van der Waals surface area contributed by atoms with Crippen LogP contribution in [0.2, 0.25) is 0 Å². The summed E-state index contributed by atoms with van der Waals surface area (Å²) in [5, 5.41) is 17.6. The van der Waals surface area contributed by atoms with Crippen LogP contribution in [0.15, 0.2) is 116 Å². The Labute approximate surface area is 314 Å². The van der Waals surface area contributed by atoms with Crippen LogP contribution < -0.4 is 4.90 Å². The molecule has 3 aliphatic heterocycles. The third kappa shape index (κ3) is 5.78. The highest BCUT2D eigenvalue weighted by atomic mass is 16.2. The molecule has 14 heteroatoms. The lowest BCUT2D eigenvalue weighted by Gasteiger charge is -2.27. The minimum atomic E-state index is -1.14. The van der Waals surface area contributed by atoms with E-state index in [2.05, 4.69) is 20.6 Å². The van der Waals surface area contributed by atoms with Gasteiger partial charge in [-0.15, -0.1) is 10.2 Å². The number of hydrogen-bond acceptors (Lipinski definition) is 9. The van der Waals surface area contributed by atoms with E-state index in [4.69, 9.17) is 0 Å². The van der Waals surface area contributed by atoms with Crippen molar-refractivity contribution in [3.63, 3.8) is 0 Å². The second kappa shape index (κ2) is 13.4. The highest BCUT2D eigenvalue weighted by molar-refractivity contribution is 6.22. The summed E-state index contributed by atoms with van der Waals surface area (Å²) in [5.41, 5.74) is 4.05. The van der Waals surface area contributed by atoms with Crippen LogP contribution in [-0.2, 0) is 42.7 Å². The maximum atomic E-state index is 14.9. The molecule has 4 aromatic carbocycles. The number of carbonyl (C=O) groups excluding carboxylic acids is 5. The number of para-hydroxylation sites is 1. The van der Waals surface area contributed by atoms with Crippen LogP contribution in [0, 0.1) is 0 Å². The van der Waals surface area contributed by atoms with Crippen molar-refractivity contribution in [2.24, 2.45) is 0 Å². The number of amides is 5. The molecule has 6 aromatic rings. The van der Waals surface area contributed by atoms with Gasteiger partial charge in [0, 0.05) is 44.0 Å². The number of rotatable bonds is 12. The first-order valence-corrected chi connectivity index (χ1v) is 17.9. The van der Waals surface area contributed by atoms with E-state index >= 15 is 0 Å². The van der Waals surface area contributed by atoms with Crippen molar-refractivity contribution in [1.82, 2.24) is 39.8 Å². The zero-order valence-corrected chi connectivity index (χ0v) is 29.5. The van der Waals surface area contributed by atoms with E-state index in [1.807, 2.05) is 54.6 Å². The summed E-state index contributed by atoms with van der Waals surface area (Å²) in [6.07, 6.45) is 3.86. The highest BCUT2D eigenvalue weighted by Crippen LogP contribution is 2.46. The Kier molecular flexibility index (Phi) is 8.22. The van der Waals surface area contributed by atoms with Crippen molar-refractivity contribution >= 4 is 35.2 Å². The maximum Gasteiger partial charge on any atom is 0.261 e. The van der Waals surface area contributed by atoms with Gasteiger partial charge in [0.05, 0.1) is 58.7 Å². The van der Waals surface area contributed by atoms with Crippen LogP contribution in [0.1, 0.15) is 63.9 Å². The van der Waals surface area contributed by atoms with E-state index in [-0.39, 0.29) is 68.6 Å². The molecule has 0 bridgehead atoms. The molecule has 0 aliphatic carbocycles. The van der Waals surface area contributed by atoms with E-state index in [0.717, 1.165) is 16.8 Å². The summed E-state index contributed by atoms with van der Waals surface area (Å²) >= 11 is 0.